The fraction of sp³-hybridized carbons (Fsp3) is 0.167. The smallest absolute Gasteiger partial charge is 0.294 e. The van der Waals surface area contributed by atoms with E-state index in [1.54, 1.807) is 24.6 Å². The summed E-state index contributed by atoms with van der Waals surface area (Å²) in [4.78, 5) is 15.3. The number of aromatic nitrogens is 1. The van der Waals surface area contributed by atoms with Crippen molar-refractivity contribution in [3.63, 3.8) is 0 Å². The first kappa shape index (κ1) is 13.3. The summed E-state index contributed by atoms with van der Waals surface area (Å²) >= 11 is 1.22. The van der Waals surface area contributed by atoms with Crippen molar-refractivity contribution in [3.05, 3.63) is 40.3 Å². The number of ether oxygens (including phenoxy) is 2. The minimum Gasteiger partial charge on any atom is -0.497 e. The number of hydrazine groups is 1. The number of carbonyl (C=O) groups is 1. The normalized spacial score (nSPS) is 10.0. The molecular weight excluding hydrogens is 266 g/mol. The minimum atomic E-state index is -0.402. The van der Waals surface area contributed by atoms with Gasteiger partial charge in [0.2, 0.25) is 0 Å². The molecule has 0 spiro atoms. The number of nitrogens with one attached hydrogen (secondary N) is 1. The number of nitrogens with zero attached hydrogens (tertiary/aromatic N) is 1. The van der Waals surface area contributed by atoms with Crippen LogP contribution in [0.2, 0.25) is 0 Å². The van der Waals surface area contributed by atoms with E-state index >= 15 is 0 Å². The van der Waals surface area contributed by atoms with Gasteiger partial charge in [-0.1, -0.05) is 0 Å². The Morgan fingerprint density at radius 1 is 1.37 bits per heavy atom. The van der Waals surface area contributed by atoms with E-state index in [0.29, 0.717) is 23.1 Å². The lowest BCUT2D eigenvalue weighted by atomic mass is 10.3. The number of thiazole rings is 1. The highest BCUT2D eigenvalue weighted by Crippen LogP contribution is 2.18. The standard InChI is InChI=1S/C12H13N3O3S/c1-17-9-2-4-10(5-3-9)18-6-8-7-19-12(14-8)11(16)15-13/h2-5,7H,6,13H2,1H3,(H,15,16). The SMILES string of the molecule is COc1ccc(OCc2csc(C(=O)NN)n2)cc1. The number of methoxy groups -OCH3 is 1. The van der Waals surface area contributed by atoms with Gasteiger partial charge in [-0.2, -0.15) is 0 Å². The Hall–Kier alpha value is -2.12. The predicted molar refractivity (Wildman–Crippen MR) is 71.1 cm³/mol. The lowest BCUT2D eigenvalue weighted by Gasteiger charge is -2.05. The molecule has 2 rings (SSSR count). The summed E-state index contributed by atoms with van der Waals surface area (Å²) in [6.45, 7) is 0.292. The van der Waals surface area contributed by atoms with Crippen molar-refractivity contribution in [2.75, 3.05) is 7.11 Å². The number of amides is 1. The van der Waals surface area contributed by atoms with Crippen LogP contribution in [0.1, 0.15) is 15.5 Å². The summed E-state index contributed by atoms with van der Waals surface area (Å²) in [7, 11) is 1.61. The number of nitrogens with two attached hydrogens (primary N) is 1. The molecule has 1 amide bonds. The van der Waals surface area contributed by atoms with Gasteiger partial charge in [-0.15, -0.1) is 11.3 Å². The largest absolute Gasteiger partial charge is 0.497 e. The Morgan fingerprint density at radius 2 is 2.05 bits per heavy atom. The van der Waals surface area contributed by atoms with Gasteiger partial charge in [0, 0.05) is 5.38 Å². The van der Waals surface area contributed by atoms with Gasteiger partial charge in [0.1, 0.15) is 18.1 Å². The molecule has 0 aliphatic rings. The second-order valence-corrected chi connectivity index (χ2v) is 4.44. The number of nitrogen functional groups attached to an aromatic ring is 1. The predicted octanol–water partition coefficient (Wildman–Crippen LogP) is 1.33. The summed E-state index contributed by atoms with van der Waals surface area (Å²) in [6, 6.07) is 7.23. The van der Waals surface area contributed by atoms with Crippen molar-refractivity contribution in [3.8, 4) is 11.5 Å². The highest BCUT2D eigenvalue weighted by atomic mass is 32.1. The van der Waals surface area contributed by atoms with Crippen LogP contribution >= 0.6 is 11.3 Å². The fourth-order valence-corrected chi connectivity index (χ4v) is 2.07. The number of benzene rings is 1. The monoisotopic (exact) mass is 279 g/mol. The summed E-state index contributed by atoms with van der Waals surface area (Å²) in [5.74, 6) is 6.10. The first-order valence-electron chi connectivity index (χ1n) is 5.45. The maximum atomic E-state index is 11.2. The number of hydrogen-bond donors (Lipinski definition) is 2. The molecule has 1 aromatic carbocycles. The van der Waals surface area contributed by atoms with Crippen LogP contribution in [0.15, 0.2) is 29.6 Å². The third-order valence-corrected chi connectivity index (χ3v) is 3.21. The van der Waals surface area contributed by atoms with E-state index in [1.807, 2.05) is 17.6 Å². The molecule has 0 saturated heterocycles. The van der Waals surface area contributed by atoms with Gasteiger partial charge in [-0.3, -0.25) is 10.2 Å². The van der Waals surface area contributed by atoms with Crippen molar-refractivity contribution in [1.29, 1.82) is 0 Å². The van der Waals surface area contributed by atoms with Crippen LogP contribution in [0.5, 0.6) is 11.5 Å². The zero-order chi connectivity index (χ0) is 13.7. The molecular formula is C12H13N3O3S. The molecule has 0 bridgehead atoms. The third-order valence-electron chi connectivity index (χ3n) is 2.32. The molecule has 3 N–H and O–H groups in total. The van der Waals surface area contributed by atoms with Crippen molar-refractivity contribution >= 4 is 17.2 Å². The topological polar surface area (TPSA) is 86.5 Å². The van der Waals surface area contributed by atoms with Crippen molar-refractivity contribution in [2.45, 2.75) is 6.61 Å². The molecule has 7 heteroatoms. The molecule has 0 fully saturated rings. The van der Waals surface area contributed by atoms with E-state index in [0.717, 1.165) is 5.75 Å². The Kier molecular flexibility index (Phi) is 4.32. The minimum absolute atomic E-state index is 0.292. The second kappa shape index (κ2) is 6.17. The molecule has 19 heavy (non-hydrogen) atoms. The maximum Gasteiger partial charge on any atom is 0.294 e. The van der Waals surface area contributed by atoms with E-state index in [-0.39, 0.29) is 0 Å². The molecule has 6 nitrogen and oxygen atoms in total. The fourth-order valence-electron chi connectivity index (χ4n) is 1.37. The number of carbonyl (C=O) groups excluding carboxylic acids is 1. The molecule has 0 aliphatic carbocycles. The highest BCUT2D eigenvalue weighted by Gasteiger charge is 2.09. The molecule has 1 heterocycles. The molecule has 100 valence electrons. The van der Waals surface area contributed by atoms with Gasteiger partial charge in [0.15, 0.2) is 5.01 Å². The zero-order valence-corrected chi connectivity index (χ0v) is 11.1. The number of rotatable bonds is 5. The van der Waals surface area contributed by atoms with Crippen LogP contribution in [0.25, 0.3) is 0 Å². The summed E-state index contributed by atoms with van der Waals surface area (Å²) in [6.07, 6.45) is 0. The zero-order valence-electron chi connectivity index (χ0n) is 10.3. The second-order valence-electron chi connectivity index (χ2n) is 3.58. The van der Waals surface area contributed by atoms with Gasteiger partial charge in [0.05, 0.1) is 12.8 Å². The van der Waals surface area contributed by atoms with Crippen LogP contribution in [0, 0.1) is 0 Å². The van der Waals surface area contributed by atoms with Crippen LogP contribution in [0.3, 0.4) is 0 Å². The van der Waals surface area contributed by atoms with E-state index in [4.69, 9.17) is 15.3 Å². The van der Waals surface area contributed by atoms with E-state index in [9.17, 15) is 4.79 Å². The van der Waals surface area contributed by atoms with Gasteiger partial charge < -0.3 is 9.47 Å². The van der Waals surface area contributed by atoms with Crippen molar-refractivity contribution in [1.82, 2.24) is 10.4 Å². The maximum absolute atomic E-state index is 11.2. The average Bonchev–Trinajstić information content (AvgIpc) is 2.93. The first-order valence-corrected chi connectivity index (χ1v) is 6.33. The van der Waals surface area contributed by atoms with Crippen LogP contribution in [-0.2, 0) is 6.61 Å². The van der Waals surface area contributed by atoms with Gasteiger partial charge in [-0.05, 0) is 24.3 Å². The first-order chi connectivity index (χ1) is 9.22. The molecule has 1 aromatic heterocycles. The molecule has 0 saturated carbocycles. The van der Waals surface area contributed by atoms with E-state index in [1.165, 1.54) is 11.3 Å². The molecule has 0 radical (unpaired) electrons. The Balaban J connectivity index is 1.94. The Labute approximate surface area is 114 Å². The average molecular weight is 279 g/mol. The van der Waals surface area contributed by atoms with Crippen molar-refractivity contribution in [2.24, 2.45) is 5.84 Å². The Morgan fingerprint density at radius 3 is 2.68 bits per heavy atom. The van der Waals surface area contributed by atoms with E-state index in [2.05, 4.69) is 4.98 Å². The molecule has 2 aromatic rings. The summed E-state index contributed by atoms with van der Waals surface area (Å²) < 4.78 is 10.6. The highest BCUT2D eigenvalue weighted by molar-refractivity contribution is 7.11. The number of hydrogen-bond acceptors (Lipinski definition) is 6. The molecule has 0 aliphatic heterocycles. The van der Waals surface area contributed by atoms with Crippen LogP contribution in [-0.4, -0.2) is 18.0 Å². The van der Waals surface area contributed by atoms with Gasteiger partial charge in [0.25, 0.3) is 5.91 Å². The van der Waals surface area contributed by atoms with Crippen LogP contribution < -0.4 is 20.7 Å². The quantitative estimate of drug-likeness (QED) is 0.490. The lowest BCUT2D eigenvalue weighted by molar-refractivity contribution is 0.0953. The third kappa shape index (κ3) is 3.43. The van der Waals surface area contributed by atoms with Crippen LogP contribution in [0.4, 0.5) is 0 Å². The van der Waals surface area contributed by atoms with E-state index < -0.39 is 5.91 Å². The lowest BCUT2D eigenvalue weighted by Crippen LogP contribution is -2.29. The van der Waals surface area contributed by atoms with Crippen molar-refractivity contribution < 1.29 is 14.3 Å². The van der Waals surface area contributed by atoms with Gasteiger partial charge >= 0.3 is 0 Å². The Bertz CT molecular complexity index is 554. The summed E-state index contributed by atoms with van der Waals surface area (Å²) in [5, 5.41) is 2.07. The molecule has 0 atom stereocenters. The summed E-state index contributed by atoms with van der Waals surface area (Å²) in [5.41, 5.74) is 2.72. The molecule has 0 unspecified atom stereocenters. The van der Waals surface area contributed by atoms with Gasteiger partial charge in [-0.25, -0.2) is 10.8 Å².